The first-order valence-corrected chi connectivity index (χ1v) is 11.3. The molecule has 0 aliphatic rings. The van der Waals surface area contributed by atoms with E-state index in [1.165, 1.54) is 14.2 Å². The zero-order valence-electron chi connectivity index (χ0n) is 17.1. The standard InChI is InChI=1S/C21H22N2O5S2/c1-13-9-10-15(11-14(13)2)22-18(24)12-23(3)30(26,27)20-16-7-5-6-8-17(16)29-19(20)21(25)28-4/h5-11H,12H2,1-4H3,(H,22,24). The Hall–Kier alpha value is -2.75. The number of methoxy groups -OCH3 is 1. The van der Waals surface area contributed by atoms with E-state index in [0.29, 0.717) is 15.8 Å². The fourth-order valence-electron chi connectivity index (χ4n) is 2.97. The predicted octanol–water partition coefficient (Wildman–Crippen LogP) is 3.56. The SMILES string of the molecule is COC(=O)c1sc2ccccc2c1S(=O)(=O)N(C)CC(=O)Nc1ccc(C)c(C)c1. The minimum Gasteiger partial charge on any atom is -0.465 e. The van der Waals surface area contributed by atoms with Crippen molar-refractivity contribution in [3.63, 3.8) is 0 Å². The number of carbonyl (C=O) groups excluding carboxylic acids is 2. The number of ether oxygens (including phenoxy) is 1. The molecule has 0 bridgehead atoms. The van der Waals surface area contributed by atoms with Gasteiger partial charge in [0.2, 0.25) is 15.9 Å². The average Bonchev–Trinajstić information content (AvgIpc) is 3.10. The van der Waals surface area contributed by atoms with E-state index in [0.717, 1.165) is 26.8 Å². The smallest absolute Gasteiger partial charge is 0.349 e. The molecule has 1 N–H and O–H groups in total. The molecule has 2 aromatic carbocycles. The second kappa shape index (κ2) is 8.55. The number of esters is 1. The number of hydrogen-bond donors (Lipinski definition) is 1. The number of nitrogens with one attached hydrogen (secondary N) is 1. The van der Waals surface area contributed by atoms with E-state index in [4.69, 9.17) is 4.74 Å². The van der Waals surface area contributed by atoms with Gasteiger partial charge in [-0.1, -0.05) is 24.3 Å². The molecule has 0 aliphatic heterocycles. The first-order valence-electron chi connectivity index (χ1n) is 9.08. The van der Waals surface area contributed by atoms with Crippen molar-refractivity contribution in [3.05, 3.63) is 58.5 Å². The van der Waals surface area contributed by atoms with Gasteiger partial charge in [0.15, 0.2) is 0 Å². The van der Waals surface area contributed by atoms with Crippen LogP contribution in [0.15, 0.2) is 47.4 Å². The summed E-state index contributed by atoms with van der Waals surface area (Å²) in [5.74, 6) is -1.22. The Labute approximate surface area is 179 Å². The van der Waals surface area contributed by atoms with Gasteiger partial charge >= 0.3 is 5.97 Å². The van der Waals surface area contributed by atoms with Crippen LogP contribution in [0.2, 0.25) is 0 Å². The van der Waals surface area contributed by atoms with Gasteiger partial charge in [-0.05, 0) is 43.2 Å². The van der Waals surface area contributed by atoms with Crippen LogP contribution in [0, 0.1) is 13.8 Å². The van der Waals surface area contributed by atoms with Crippen molar-refractivity contribution in [2.75, 3.05) is 26.0 Å². The number of anilines is 1. The van der Waals surface area contributed by atoms with Crippen molar-refractivity contribution in [3.8, 4) is 0 Å². The highest BCUT2D eigenvalue weighted by Gasteiger charge is 2.32. The number of fused-ring (bicyclic) bond motifs is 1. The summed E-state index contributed by atoms with van der Waals surface area (Å²) in [7, 11) is -1.62. The van der Waals surface area contributed by atoms with E-state index in [-0.39, 0.29) is 9.77 Å². The molecular formula is C21H22N2O5S2. The molecule has 7 nitrogen and oxygen atoms in total. The Morgan fingerprint density at radius 2 is 1.80 bits per heavy atom. The maximum absolute atomic E-state index is 13.3. The molecule has 0 atom stereocenters. The molecule has 0 saturated carbocycles. The molecule has 0 aliphatic carbocycles. The van der Waals surface area contributed by atoms with Crippen molar-refractivity contribution in [2.45, 2.75) is 18.7 Å². The van der Waals surface area contributed by atoms with Gasteiger partial charge in [-0.25, -0.2) is 13.2 Å². The maximum Gasteiger partial charge on any atom is 0.349 e. The first-order chi connectivity index (χ1) is 14.1. The molecule has 0 radical (unpaired) electrons. The lowest BCUT2D eigenvalue weighted by Gasteiger charge is -2.17. The number of sulfonamides is 1. The first kappa shape index (κ1) is 21.9. The summed E-state index contributed by atoms with van der Waals surface area (Å²) in [6.45, 7) is 3.49. The van der Waals surface area contributed by atoms with Gasteiger partial charge in [-0.3, -0.25) is 4.79 Å². The molecule has 3 rings (SSSR count). The quantitative estimate of drug-likeness (QED) is 0.585. The fourth-order valence-corrected chi connectivity index (χ4v) is 5.86. The number of nitrogens with zero attached hydrogens (tertiary/aromatic N) is 1. The van der Waals surface area contributed by atoms with Gasteiger partial charge in [0, 0.05) is 22.8 Å². The lowest BCUT2D eigenvalue weighted by molar-refractivity contribution is -0.116. The van der Waals surface area contributed by atoms with Crippen LogP contribution >= 0.6 is 11.3 Å². The number of benzene rings is 2. The van der Waals surface area contributed by atoms with Crippen molar-refractivity contribution < 1.29 is 22.7 Å². The zero-order chi connectivity index (χ0) is 22.1. The zero-order valence-corrected chi connectivity index (χ0v) is 18.7. The molecule has 0 fully saturated rings. The molecule has 1 amide bonds. The molecule has 30 heavy (non-hydrogen) atoms. The molecular weight excluding hydrogens is 424 g/mol. The van der Waals surface area contributed by atoms with Gasteiger partial charge in [0.25, 0.3) is 0 Å². The highest BCUT2D eigenvalue weighted by atomic mass is 32.2. The van der Waals surface area contributed by atoms with E-state index in [1.807, 2.05) is 26.0 Å². The predicted molar refractivity (Wildman–Crippen MR) is 118 cm³/mol. The van der Waals surface area contributed by atoms with Gasteiger partial charge in [-0.15, -0.1) is 11.3 Å². The average molecular weight is 447 g/mol. The maximum atomic E-state index is 13.3. The Balaban J connectivity index is 1.90. The molecule has 0 unspecified atom stereocenters. The summed E-state index contributed by atoms with van der Waals surface area (Å²) < 4.78 is 32.9. The molecule has 3 aromatic rings. The largest absolute Gasteiger partial charge is 0.465 e. The summed E-state index contributed by atoms with van der Waals surface area (Å²) in [5.41, 5.74) is 2.69. The van der Waals surface area contributed by atoms with E-state index < -0.39 is 28.4 Å². The van der Waals surface area contributed by atoms with E-state index in [2.05, 4.69) is 5.32 Å². The molecule has 1 heterocycles. The Morgan fingerprint density at radius 1 is 1.10 bits per heavy atom. The second-order valence-electron chi connectivity index (χ2n) is 6.86. The number of aryl methyl sites for hydroxylation is 2. The van der Waals surface area contributed by atoms with E-state index in [9.17, 15) is 18.0 Å². The highest BCUT2D eigenvalue weighted by molar-refractivity contribution is 7.89. The number of thiophene rings is 1. The molecule has 9 heteroatoms. The third kappa shape index (κ3) is 4.23. The monoisotopic (exact) mass is 446 g/mol. The number of likely N-dealkylation sites (N-methyl/N-ethyl adjacent to an activating group) is 1. The van der Waals surface area contributed by atoms with E-state index in [1.54, 1.807) is 30.3 Å². The Morgan fingerprint density at radius 3 is 2.47 bits per heavy atom. The van der Waals surface area contributed by atoms with Crippen LogP contribution in [0.4, 0.5) is 5.69 Å². The van der Waals surface area contributed by atoms with Gasteiger partial charge in [0.1, 0.15) is 9.77 Å². The number of carbonyl (C=O) groups is 2. The number of amides is 1. The molecule has 0 spiro atoms. The van der Waals surface area contributed by atoms with Gasteiger partial charge in [-0.2, -0.15) is 4.31 Å². The molecule has 0 saturated heterocycles. The van der Waals surface area contributed by atoms with Gasteiger partial charge in [0.05, 0.1) is 13.7 Å². The third-order valence-electron chi connectivity index (χ3n) is 4.75. The Kier molecular flexibility index (Phi) is 6.25. The van der Waals surface area contributed by atoms with Crippen LogP contribution in [-0.2, 0) is 19.6 Å². The van der Waals surface area contributed by atoms with Crippen LogP contribution in [0.3, 0.4) is 0 Å². The van der Waals surface area contributed by atoms with Crippen molar-refractivity contribution in [1.82, 2.24) is 4.31 Å². The normalized spacial score (nSPS) is 11.6. The summed E-state index contributed by atoms with van der Waals surface area (Å²) >= 11 is 1.04. The van der Waals surface area contributed by atoms with Crippen LogP contribution in [-0.4, -0.2) is 45.3 Å². The van der Waals surface area contributed by atoms with Crippen molar-refractivity contribution in [2.24, 2.45) is 0 Å². The minimum atomic E-state index is -4.13. The second-order valence-corrected chi connectivity index (χ2v) is 9.89. The van der Waals surface area contributed by atoms with Crippen LogP contribution < -0.4 is 5.32 Å². The Bertz CT molecular complexity index is 1230. The molecule has 1 aromatic heterocycles. The lowest BCUT2D eigenvalue weighted by atomic mass is 10.1. The topological polar surface area (TPSA) is 92.8 Å². The minimum absolute atomic E-state index is 0.0138. The van der Waals surface area contributed by atoms with E-state index >= 15 is 0 Å². The summed E-state index contributed by atoms with van der Waals surface area (Å²) in [6, 6.07) is 12.3. The lowest BCUT2D eigenvalue weighted by Crippen LogP contribution is -2.35. The van der Waals surface area contributed by atoms with Crippen LogP contribution in [0.5, 0.6) is 0 Å². The highest BCUT2D eigenvalue weighted by Crippen LogP contribution is 2.36. The fraction of sp³-hybridized carbons (Fsp3) is 0.238. The number of rotatable bonds is 6. The number of hydrogen-bond acceptors (Lipinski definition) is 6. The third-order valence-corrected chi connectivity index (χ3v) is 7.92. The van der Waals surface area contributed by atoms with Gasteiger partial charge < -0.3 is 10.1 Å². The van der Waals surface area contributed by atoms with Crippen molar-refractivity contribution >= 4 is 49.0 Å². The molecule has 158 valence electrons. The van der Waals surface area contributed by atoms with Crippen LogP contribution in [0.25, 0.3) is 10.1 Å². The summed E-state index contributed by atoms with van der Waals surface area (Å²) in [6.07, 6.45) is 0. The van der Waals surface area contributed by atoms with Crippen LogP contribution in [0.1, 0.15) is 20.8 Å². The summed E-state index contributed by atoms with van der Waals surface area (Å²) in [5, 5.41) is 3.13. The van der Waals surface area contributed by atoms with Crippen molar-refractivity contribution in [1.29, 1.82) is 0 Å². The summed E-state index contributed by atoms with van der Waals surface area (Å²) in [4.78, 5) is 24.5.